The average molecular weight is 647 g/mol. The molecule has 0 saturated heterocycles. The summed E-state index contributed by atoms with van der Waals surface area (Å²) >= 11 is 2.05. The van der Waals surface area contributed by atoms with Gasteiger partial charge in [-0.3, -0.25) is 0 Å². The maximum Gasteiger partial charge on any atom is 0.210 e. The fourth-order valence-electron chi connectivity index (χ4n) is 4.73. The van der Waals surface area contributed by atoms with Gasteiger partial charge < -0.3 is 19.2 Å². The van der Waals surface area contributed by atoms with Gasteiger partial charge in [0.15, 0.2) is 11.5 Å². The molecule has 256 valence electrons. The van der Waals surface area contributed by atoms with Crippen molar-refractivity contribution in [1.82, 2.24) is 0 Å². The van der Waals surface area contributed by atoms with Crippen LogP contribution in [-0.4, -0.2) is 37.9 Å². The standard InChI is InChI=1S/C38H62O6S/c1-7-11-25-39-35-31(5)21-23-33(37(35)43-41-27-13-9-3)19-15-17-29-45-30-18-16-20-34-24-22-32(6)36(40-26-12-8-2)38(34)44-42-28-14-10-4/h21-24H,7-20,25-30H2,1-6H3. The van der Waals surface area contributed by atoms with Crippen LogP contribution < -0.4 is 19.2 Å². The smallest absolute Gasteiger partial charge is 0.210 e. The van der Waals surface area contributed by atoms with Crippen molar-refractivity contribution in [2.45, 2.75) is 131 Å². The minimum atomic E-state index is 0.591. The second-order valence-electron chi connectivity index (χ2n) is 11.8. The molecule has 0 N–H and O–H groups in total. The normalized spacial score (nSPS) is 11.2. The molecule has 0 unspecified atom stereocenters. The third-order valence-corrected chi connectivity index (χ3v) is 8.84. The van der Waals surface area contributed by atoms with E-state index in [0.29, 0.717) is 26.4 Å². The lowest BCUT2D eigenvalue weighted by atomic mass is 10.0. The monoisotopic (exact) mass is 646 g/mol. The molecular weight excluding hydrogens is 584 g/mol. The number of hydrogen-bond acceptors (Lipinski definition) is 7. The van der Waals surface area contributed by atoms with Crippen molar-refractivity contribution >= 4 is 11.8 Å². The van der Waals surface area contributed by atoms with Gasteiger partial charge in [-0.05, 0) is 101 Å². The van der Waals surface area contributed by atoms with Crippen LogP contribution in [0.25, 0.3) is 0 Å². The van der Waals surface area contributed by atoms with E-state index in [9.17, 15) is 0 Å². The maximum absolute atomic E-state index is 6.16. The summed E-state index contributed by atoms with van der Waals surface area (Å²) in [4.78, 5) is 22.9. The van der Waals surface area contributed by atoms with E-state index >= 15 is 0 Å². The van der Waals surface area contributed by atoms with Crippen LogP contribution in [0.1, 0.15) is 127 Å². The number of benzene rings is 2. The predicted octanol–water partition coefficient (Wildman–Crippen LogP) is 11.0. The first kappa shape index (κ1) is 39.1. The lowest BCUT2D eigenvalue weighted by Crippen LogP contribution is -2.07. The van der Waals surface area contributed by atoms with Gasteiger partial charge in [-0.25, -0.2) is 0 Å². The molecule has 0 aliphatic rings. The minimum absolute atomic E-state index is 0.591. The van der Waals surface area contributed by atoms with Crippen LogP contribution in [0.15, 0.2) is 24.3 Å². The molecule has 0 bridgehead atoms. The van der Waals surface area contributed by atoms with Crippen LogP contribution in [0, 0.1) is 13.8 Å². The van der Waals surface area contributed by atoms with Crippen LogP contribution in [0.3, 0.4) is 0 Å². The van der Waals surface area contributed by atoms with Gasteiger partial charge in [0.2, 0.25) is 11.5 Å². The van der Waals surface area contributed by atoms with E-state index in [1.54, 1.807) is 0 Å². The SMILES string of the molecule is CCCCOOc1c(CCCCSCCCCc2ccc(C)c(OCCCC)c2OOCCCC)ccc(C)c1OCCCC. The Bertz CT molecular complexity index is 962. The lowest BCUT2D eigenvalue weighted by Gasteiger charge is -2.17. The van der Waals surface area contributed by atoms with Gasteiger partial charge in [-0.15, -0.1) is 0 Å². The number of hydrogen-bond donors (Lipinski definition) is 0. The summed E-state index contributed by atoms with van der Waals surface area (Å²) < 4.78 is 12.3. The molecule has 2 aromatic carbocycles. The van der Waals surface area contributed by atoms with Gasteiger partial charge in [0, 0.05) is 11.1 Å². The van der Waals surface area contributed by atoms with Crippen LogP contribution in [0.2, 0.25) is 0 Å². The summed E-state index contributed by atoms with van der Waals surface area (Å²) in [6.45, 7) is 15.4. The Morgan fingerprint density at radius 1 is 0.467 bits per heavy atom. The summed E-state index contributed by atoms with van der Waals surface area (Å²) in [6, 6.07) is 8.64. The van der Waals surface area contributed by atoms with Gasteiger partial charge in [0.05, 0.1) is 26.4 Å². The number of ether oxygens (including phenoxy) is 2. The summed E-state index contributed by atoms with van der Waals surface area (Å²) in [5.41, 5.74) is 4.52. The van der Waals surface area contributed by atoms with E-state index in [1.165, 1.54) is 24.0 Å². The maximum atomic E-state index is 6.16. The first-order valence-corrected chi connectivity index (χ1v) is 18.9. The van der Waals surface area contributed by atoms with Crippen molar-refractivity contribution in [3.8, 4) is 23.0 Å². The molecule has 7 heteroatoms. The van der Waals surface area contributed by atoms with Gasteiger partial charge in [-0.2, -0.15) is 21.5 Å². The number of rotatable bonds is 28. The Labute approximate surface area is 279 Å². The van der Waals surface area contributed by atoms with E-state index in [1.807, 2.05) is 11.8 Å². The quantitative estimate of drug-likeness (QED) is 0.0518. The minimum Gasteiger partial charge on any atom is -0.489 e. The van der Waals surface area contributed by atoms with E-state index in [4.69, 9.17) is 29.0 Å². The van der Waals surface area contributed by atoms with E-state index in [-0.39, 0.29) is 0 Å². The predicted molar refractivity (Wildman–Crippen MR) is 189 cm³/mol. The number of unbranched alkanes of at least 4 members (excludes halogenated alkanes) is 6. The highest BCUT2D eigenvalue weighted by Crippen LogP contribution is 2.37. The van der Waals surface area contributed by atoms with E-state index in [0.717, 1.165) is 123 Å². The Kier molecular flexibility index (Phi) is 21.8. The molecular formula is C38H62O6S. The highest BCUT2D eigenvalue weighted by atomic mass is 32.2. The lowest BCUT2D eigenvalue weighted by molar-refractivity contribution is -0.208. The van der Waals surface area contributed by atoms with E-state index in [2.05, 4.69) is 65.8 Å². The Balaban J connectivity index is 1.82. The number of aryl methyl sites for hydroxylation is 4. The van der Waals surface area contributed by atoms with Gasteiger partial charge >= 0.3 is 0 Å². The molecule has 0 amide bonds. The molecule has 6 nitrogen and oxygen atoms in total. The van der Waals surface area contributed by atoms with Gasteiger partial charge in [0.25, 0.3) is 0 Å². The zero-order chi connectivity index (χ0) is 32.5. The van der Waals surface area contributed by atoms with Crippen LogP contribution >= 0.6 is 11.8 Å². The first-order chi connectivity index (χ1) is 22.1. The van der Waals surface area contributed by atoms with Crippen molar-refractivity contribution < 1.29 is 29.0 Å². The molecule has 0 aliphatic carbocycles. The zero-order valence-electron chi connectivity index (χ0n) is 29.3. The van der Waals surface area contributed by atoms with Crippen molar-refractivity contribution in [3.05, 3.63) is 46.5 Å². The molecule has 2 aromatic rings. The first-order valence-electron chi connectivity index (χ1n) is 17.7. The van der Waals surface area contributed by atoms with E-state index < -0.39 is 0 Å². The molecule has 0 fully saturated rings. The zero-order valence-corrected chi connectivity index (χ0v) is 30.1. The summed E-state index contributed by atoms with van der Waals surface area (Å²) in [7, 11) is 0. The molecule has 0 spiro atoms. The third kappa shape index (κ3) is 15.4. The van der Waals surface area contributed by atoms with Gasteiger partial charge in [-0.1, -0.05) is 77.6 Å². The second kappa shape index (κ2) is 25.1. The summed E-state index contributed by atoms with van der Waals surface area (Å²) in [5, 5.41) is 0. The van der Waals surface area contributed by atoms with Gasteiger partial charge in [0.1, 0.15) is 0 Å². The molecule has 2 rings (SSSR count). The van der Waals surface area contributed by atoms with Crippen molar-refractivity contribution in [2.24, 2.45) is 0 Å². The average Bonchev–Trinajstić information content (AvgIpc) is 3.04. The fourth-order valence-corrected chi connectivity index (χ4v) is 5.75. The second-order valence-corrected chi connectivity index (χ2v) is 13.1. The van der Waals surface area contributed by atoms with Crippen LogP contribution in [-0.2, 0) is 22.6 Å². The largest absolute Gasteiger partial charge is 0.489 e. The summed E-state index contributed by atoms with van der Waals surface area (Å²) in [6.07, 6.45) is 14.8. The molecule has 0 aromatic heterocycles. The molecule has 0 aliphatic heterocycles. The Hall–Kier alpha value is -2.09. The molecule has 0 saturated carbocycles. The van der Waals surface area contributed by atoms with Crippen molar-refractivity contribution in [2.75, 3.05) is 37.9 Å². The highest BCUT2D eigenvalue weighted by molar-refractivity contribution is 7.99. The third-order valence-electron chi connectivity index (χ3n) is 7.69. The molecule has 0 radical (unpaired) electrons. The highest BCUT2D eigenvalue weighted by Gasteiger charge is 2.17. The van der Waals surface area contributed by atoms with Crippen LogP contribution in [0.5, 0.6) is 23.0 Å². The summed E-state index contributed by atoms with van der Waals surface area (Å²) in [5.74, 6) is 5.53. The van der Waals surface area contributed by atoms with Crippen molar-refractivity contribution in [1.29, 1.82) is 0 Å². The molecule has 0 heterocycles. The Morgan fingerprint density at radius 2 is 0.867 bits per heavy atom. The van der Waals surface area contributed by atoms with Crippen molar-refractivity contribution in [3.63, 3.8) is 0 Å². The molecule has 45 heavy (non-hydrogen) atoms. The fraction of sp³-hybridized carbons (Fsp3) is 0.684. The Morgan fingerprint density at radius 3 is 1.27 bits per heavy atom. The molecule has 0 atom stereocenters. The van der Waals surface area contributed by atoms with Crippen LogP contribution in [0.4, 0.5) is 0 Å². The topological polar surface area (TPSA) is 55.4 Å². The number of thioether (sulfide) groups is 1.